The van der Waals surface area contributed by atoms with Gasteiger partial charge in [0.15, 0.2) is 0 Å². The number of likely N-dealkylation sites (tertiary alicyclic amines) is 1. The summed E-state index contributed by atoms with van der Waals surface area (Å²) < 4.78 is 52.8. The van der Waals surface area contributed by atoms with Crippen molar-refractivity contribution in [1.29, 1.82) is 0 Å². The topological polar surface area (TPSA) is 186 Å². The van der Waals surface area contributed by atoms with E-state index >= 15 is 0 Å². The fourth-order valence-electron chi connectivity index (χ4n) is 8.06. The quantitative estimate of drug-likeness (QED) is 0.0260. The van der Waals surface area contributed by atoms with Crippen molar-refractivity contribution in [2.45, 2.75) is 61.9 Å². The van der Waals surface area contributed by atoms with Gasteiger partial charge in [0.2, 0.25) is 15.9 Å². The first-order valence-corrected chi connectivity index (χ1v) is 24.2. The highest BCUT2D eigenvalue weighted by Gasteiger charge is 2.44. The van der Waals surface area contributed by atoms with Crippen molar-refractivity contribution in [3.63, 3.8) is 0 Å². The number of carbonyl (C=O) groups excluding carboxylic acids is 2. The number of unbranched alkanes of at least 4 members (excludes halogenated alkanes) is 2. The SMILES string of the molecule is COc1ccc(C(OCC2(COC(=O)CCC(=O)O)CCN(C(=O)CCCCCNS(=O)(=O)c3ccc(N=Nc4ccc(N(C)C)cc4)cc3)CC2)(c2ccccc2)c2ccc(OC)cc2)cc1. The van der Waals surface area contributed by atoms with Gasteiger partial charge in [-0.3, -0.25) is 14.4 Å². The molecule has 15 nitrogen and oxygen atoms in total. The van der Waals surface area contributed by atoms with Crippen molar-refractivity contribution in [3.8, 4) is 11.5 Å². The van der Waals surface area contributed by atoms with Crippen molar-refractivity contribution < 1.29 is 46.9 Å². The van der Waals surface area contributed by atoms with Gasteiger partial charge in [-0.25, -0.2) is 13.1 Å². The smallest absolute Gasteiger partial charge is 0.306 e. The Labute approximate surface area is 399 Å². The normalized spacial score (nSPS) is 13.8. The van der Waals surface area contributed by atoms with Gasteiger partial charge in [-0.05, 0) is 115 Å². The molecule has 2 N–H and O–H groups in total. The lowest BCUT2D eigenvalue weighted by molar-refractivity contribution is -0.157. The van der Waals surface area contributed by atoms with Gasteiger partial charge in [-0.1, -0.05) is 61.0 Å². The predicted molar refractivity (Wildman–Crippen MR) is 259 cm³/mol. The zero-order chi connectivity index (χ0) is 48.6. The van der Waals surface area contributed by atoms with Gasteiger partial charge in [-0.2, -0.15) is 10.2 Å². The number of methoxy groups -OCH3 is 2. The maximum atomic E-state index is 13.6. The van der Waals surface area contributed by atoms with E-state index in [4.69, 9.17) is 18.9 Å². The molecule has 5 aromatic rings. The number of amides is 1. The van der Waals surface area contributed by atoms with Crippen molar-refractivity contribution >= 4 is 44.9 Å². The van der Waals surface area contributed by atoms with E-state index in [0.717, 1.165) is 22.4 Å². The molecule has 1 aliphatic rings. The van der Waals surface area contributed by atoms with E-state index in [1.54, 1.807) is 26.4 Å². The molecule has 360 valence electrons. The number of hydrogen-bond donors (Lipinski definition) is 2. The number of anilines is 1. The number of carbonyl (C=O) groups is 3. The van der Waals surface area contributed by atoms with Crippen LogP contribution in [0, 0.1) is 5.41 Å². The van der Waals surface area contributed by atoms with Gasteiger partial charge < -0.3 is 33.9 Å². The molecule has 1 aliphatic heterocycles. The van der Waals surface area contributed by atoms with Crippen molar-refractivity contribution in [3.05, 3.63) is 144 Å². The Morgan fingerprint density at radius 3 is 1.76 bits per heavy atom. The summed E-state index contributed by atoms with van der Waals surface area (Å²) in [6.45, 7) is 1.10. The van der Waals surface area contributed by atoms with Crippen LogP contribution in [0.2, 0.25) is 0 Å². The summed E-state index contributed by atoms with van der Waals surface area (Å²) in [6, 6.07) is 39.0. The maximum absolute atomic E-state index is 13.6. The summed E-state index contributed by atoms with van der Waals surface area (Å²) >= 11 is 0. The number of hydrogen-bond acceptors (Lipinski definition) is 12. The van der Waals surface area contributed by atoms with Gasteiger partial charge >= 0.3 is 11.9 Å². The Bertz CT molecular complexity index is 2500. The number of esters is 1. The minimum absolute atomic E-state index is 0.0172. The van der Waals surface area contributed by atoms with Crippen LogP contribution < -0.4 is 19.1 Å². The van der Waals surface area contributed by atoms with Crippen molar-refractivity contribution in [1.82, 2.24) is 9.62 Å². The first-order valence-electron chi connectivity index (χ1n) is 22.7. The van der Waals surface area contributed by atoms with Crippen LogP contribution in [-0.2, 0) is 39.5 Å². The summed E-state index contributed by atoms with van der Waals surface area (Å²) in [5.74, 6) is -0.373. The van der Waals surface area contributed by atoms with Crippen LogP contribution in [0.4, 0.5) is 17.1 Å². The number of carboxylic acids is 1. The molecule has 0 bridgehead atoms. The number of rotatable bonds is 24. The molecule has 0 atom stereocenters. The molecule has 5 aromatic carbocycles. The third-order valence-electron chi connectivity index (χ3n) is 12.2. The first kappa shape index (κ1) is 50.8. The molecule has 0 aliphatic carbocycles. The number of carboxylic acid groups (broad SMARTS) is 1. The third kappa shape index (κ3) is 13.5. The minimum Gasteiger partial charge on any atom is -0.497 e. The Morgan fingerprint density at radius 2 is 1.24 bits per heavy atom. The molecule has 68 heavy (non-hydrogen) atoms. The zero-order valence-corrected chi connectivity index (χ0v) is 40.0. The second kappa shape index (κ2) is 23.9. The van der Waals surface area contributed by atoms with Gasteiger partial charge in [0.05, 0.1) is 56.5 Å². The molecular formula is C52H61N5O10S. The molecule has 1 saturated heterocycles. The van der Waals surface area contributed by atoms with E-state index in [1.807, 2.05) is 127 Å². The molecule has 1 amide bonds. The number of nitrogens with one attached hydrogen (secondary N) is 1. The lowest BCUT2D eigenvalue weighted by Gasteiger charge is -2.44. The highest BCUT2D eigenvalue weighted by atomic mass is 32.2. The van der Waals surface area contributed by atoms with E-state index in [-0.39, 0.29) is 43.4 Å². The monoisotopic (exact) mass is 947 g/mol. The maximum Gasteiger partial charge on any atom is 0.306 e. The number of piperidine rings is 1. The van der Waals surface area contributed by atoms with Crippen molar-refractivity contribution in [2.24, 2.45) is 15.6 Å². The average Bonchev–Trinajstić information content (AvgIpc) is 3.36. The highest BCUT2D eigenvalue weighted by Crippen LogP contribution is 2.44. The van der Waals surface area contributed by atoms with Crippen LogP contribution in [0.15, 0.2) is 143 Å². The number of benzene rings is 5. The molecule has 0 radical (unpaired) electrons. The predicted octanol–water partition coefficient (Wildman–Crippen LogP) is 9.05. The van der Waals surface area contributed by atoms with E-state index in [1.165, 1.54) is 12.1 Å². The molecule has 0 spiro atoms. The second-order valence-electron chi connectivity index (χ2n) is 17.0. The Balaban J connectivity index is 1.07. The number of ether oxygens (including phenoxy) is 4. The Hall–Kier alpha value is -6.62. The van der Waals surface area contributed by atoms with Crippen LogP contribution >= 0.6 is 0 Å². The summed E-state index contributed by atoms with van der Waals surface area (Å²) in [6.07, 6.45) is 2.35. The van der Waals surface area contributed by atoms with E-state index in [9.17, 15) is 27.9 Å². The summed E-state index contributed by atoms with van der Waals surface area (Å²) in [7, 11) is 3.38. The lowest BCUT2D eigenvalue weighted by Crippen LogP contribution is -2.49. The fraction of sp³-hybridized carbons (Fsp3) is 0.365. The Morgan fingerprint density at radius 1 is 0.691 bits per heavy atom. The van der Waals surface area contributed by atoms with Crippen LogP contribution in [0.25, 0.3) is 0 Å². The van der Waals surface area contributed by atoms with Crippen LogP contribution in [-0.4, -0.2) is 97.4 Å². The second-order valence-corrected chi connectivity index (χ2v) is 18.8. The fourth-order valence-corrected chi connectivity index (χ4v) is 9.14. The summed E-state index contributed by atoms with van der Waals surface area (Å²) in [5, 5.41) is 17.7. The first-order chi connectivity index (χ1) is 32.8. The molecule has 16 heteroatoms. The van der Waals surface area contributed by atoms with Gasteiger partial charge in [0.1, 0.15) is 17.1 Å². The summed E-state index contributed by atoms with van der Waals surface area (Å²) in [4.78, 5) is 41.6. The van der Waals surface area contributed by atoms with E-state index in [2.05, 4.69) is 15.0 Å². The molecule has 1 heterocycles. The van der Waals surface area contributed by atoms with Gasteiger partial charge in [0, 0.05) is 51.3 Å². The highest BCUT2D eigenvalue weighted by molar-refractivity contribution is 7.89. The minimum atomic E-state index is -3.75. The average molecular weight is 948 g/mol. The molecule has 0 aromatic heterocycles. The molecule has 6 rings (SSSR count). The van der Waals surface area contributed by atoms with E-state index < -0.39 is 33.0 Å². The lowest BCUT2D eigenvalue weighted by atomic mass is 9.77. The van der Waals surface area contributed by atoms with Gasteiger partial charge in [0.25, 0.3) is 0 Å². The van der Waals surface area contributed by atoms with Crippen LogP contribution in [0.5, 0.6) is 11.5 Å². The standard InChI is InChI=1S/C52H61N5O10S/c1-56(2)44-22-18-42(19-23-44)54-55-43-20-28-47(29-21-43)68(62,63)53-34-10-6-9-13-48(58)57-35-32-51(33-36-57,37-66-50(61)31-30-49(59)60)38-67-52(39-11-7-5-8-12-39,40-14-24-45(64-3)25-15-40)41-16-26-46(65-4)27-17-41/h5,7-8,11-12,14-29,53H,6,9-10,13,30-38H2,1-4H3,(H,59,60). The number of azo groups is 1. The molecule has 1 fully saturated rings. The third-order valence-corrected chi connectivity index (χ3v) is 13.7. The number of sulfonamides is 1. The van der Waals surface area contributed by atoms with Crippen LogP contribution in [0.1, 0.15) is 68.1 Å². The van der Waals surface area contributed by atoms with Crippen molar-refractivity contribution in [2.75, 3.05) is 66.1 Å². The Kier molecular flexibility index (Phi) is 17.9. The number of aliphatic carboxylic acids is 1. The molecule has 0 unspecified atom stereocenters. The zero-order valence-electron chi connectivity index (χ0n) is 39.1. The largest absolute Gasteiger partial charge is 0.497 e. The van der Waals surface area contributed by atoms with Crippen LogP contribution in [0.3, 0.4) is 0 Å². The molecule has 0 saturated carbocycles. The van der Waals surface area contributed by atoms with E-state index in [0.29, 0.717) is 74.5 Å². The number of nitrogens with zero attached hydrogens (tertiary/aromatic N) is 4. The van der Waals surface area contributed by atoms with Gasteiger partial charge in [-0.15, -0.1) is 0 Å². The molecular weight excluding hydrogens is 887 g/mol. The summed E-state index contributed by atoms with van der Waals surface area (Å²) in [5.41, 5.74) is 2.91.